The van der Waals surface area contributed by atoms with Crippen molar-refractivity contribution in [1.82, 2.24) is 9.69 Å². The Labute approximate surface area is 162 Å². The monoisotopic (exact) mass is 383 g/mol. The number of nitrogens with zero attached hydrogens (tertiary/aromatic N) is 1. The average molecular weight is 383 g/mol. The number of carbonyl (C=O) groups is 1. The third-order valence-electron chi connectivity index (χ3n) is 3.99. The maximum Gasteiger partial charge on any atom is 0.256 e. The second kappa shape index (κ2) is 8.55. The van der Waals surface area contributed by atoms with E-state index in [9.17, 15) is 4.79 Å². The highest BCUT2D eigenvalue weighted by Gasteiger charge is 2.17. The van der Waals surface area contributed by atoms with Gasteiger partial charge in [0, 0.05) is 13.6 Å². The quantitative estimate of drug-likeness (QED) is 0.639. The SMILES string of the molecule is CNc1snc(C)c1C(=O)NCc1ccc(Oc2ccccc2OC)cc1. The first-order valence-electron chi connectivity index (χ1n) is 8.44. The fourth-order valence-corrected chi connectivity index (χ4v) is 3.33. The van der Waals surface area contributed by atoms with Gasteiger partial charge in [0.1, 0.15) is 10.8 Å². The second-order valence-corrected chi connectivity index (χ2v) is 6.58. The van der Waals surface area contributed by atoms with E-state index in [1.807, 2.05) is 55.5 Å². The van der Waals surface area contributed by atoms with Crippen molar-refractivity contribution >= 4 is 22.4 Å². The molecule has 0 radical (unpaired) electrons. The lowest BCUT2D eigenvalue weighted by Gasteiger charge is -2.11. The summed E-state index contributed by atoms with van der Waals surface area (Å²) in [4.78, 5) is 12.4. The molecule has 3 aromatic rings. The number of ether oxygens (including phenoxy) is 2. The molecule has 2 N–H and O–H groups in total. The van der Waals surface area contributed by atoms with Crippen LogP contribution in [0.3, 0.4) is 0 Å². The Morgan fingerprint density at radius 2 is 1.81 bits per heavy atom. The molecule has 1 amide bonds. The van der Waals surface area contributed by atoms with Crippen LogP contribution in [0.25, 0.3) is 0 Å². The summed E-state index contributed by atoms with van der Waals surface area (Å²) in [6.07, 6.45) is 0. The maximum atomic E-state index is 12.4. The van der Waals surface area contributed by atoms with E-state index in [2.05, 4.69) is 15.0 Å². The molecule has 0 aliphatic rings. The highest BCUT2D eigenvalue weighted by Crippen LogP contribution is 2.31. The molecule has 2 aromatic carbocycles. The summed E-state index contributed by atoms with van der Waals surface area (Å²) in [5.41, 5.74) is 2.30. The van der Waals surface area contributed by atoms with Crippen LogP contribution in [0.1, 0.15) is 21.6 Å². The number of hydrogen-bond acceptors (Lipinski definition) is 6. The van der Waals surface area contributed by atoms with E-state index in [1.54, 1.807) is 14.2 Å². The first kappa shape index (κ1) is 18.7. The van der Waals surface area contributed by atoms with Gasteiger partial charge in [-0.1, -0.05) is 24.3 Å². The van der Waals surface area contributed by atoms with Gasteiger partial charge in [0.05, 0.1) is 18.4 Å². The molecule has 1 aromatic heterocycles. The fraction of sp³-hybridized carbons (Fsp3) is 0.200. The number of anilines is 1. The number of para-hydroxylation sites is 2. The zero-order valence-electron chi connectivity index (χ0n) is 15.4. The highest BCUT2D eigenvalue weighted by molar-refractivity contribution is 7.10. The maximum absolute atomic E-state index is 12.4. The van der Waals surface area contributed by atoms with Gasteiger partial charge in [0.2, 0.25) is 0 Å². The van der Waals surface area contributed by atoms with Crippen LogP contribution in [0.5, 0.6) is 17.2 Å². The molecule has 3 rings (SSSR count). The van der Waals surface area contributed by atoms with E-state index in [1.165, 1.54) is 11.5 Å². The summed E-state index contributed by atoms with van der Waals surface area (Å²) in [7, 11) is 3.39. The van der Waals surface area contributed by atoms with E-state index in [4.69, 9.17) is 9.47 Å². The molecule has 0 unspecified atom stereocenters. The minimum absolute atomic E-state index is 0.139. The van der Waals surface area contributed by atoms with Gasteiger partial charge >= 0.3 is 0 Å². The van der Waals surface area contributed by atoms with Gasteiger partial charge < -0.3 is 20.1 Å². The molecule has 0 atom stereocenters. The Kier molecular flexibility index (Phi) is 5.93. The number of methoxy groups -OCH3 is 1. The Bertz CT molecular complexity index is 922. The molecule has 6 nitrogen and oxygen atoms in total. The molecule has 0 aliphatic heterocycles. The largest absolute Gasteiger partial charge is 0.493 e. The zero-order chi connectivity index (χ0) is 19.2. The van der Waals surface area contributed by atoms with E-state index < -0.39 is 0 Å². The lowest BCUT2D eigenvalue weighted by atomic mass is 10.2. The normalized spacial score (nSPS) is 10.3. The summed E-state index contributed by atoms with van der Waals surface area (Å²) in [6, 6.07) is 15.0. The van der Waals surface area contributed by atoms with Crippen LogP contribution < -0.4 is 20.1 Å². The van der Waals surface area contributed by atoms with Crippen molar-refractivity contribution in [3.63, 3.8) is 0 Å². The summed E-state index contributed by atoms with van der Waals surface area (Å²) < 4.78 is 15.4. The molecule has 7 heteroatoms. The van der Waals surface area contributed by atoms with Gasteiger partial charge in [-0.05, 0) is 48.3 Å². The highest BCUT2D eigenvalue weighted by atomic mass is 32.1. The fourth-order valence-electron chi connectivity index (χ4n) is 2.58. The number of aromatic nitrogens is 1. The summed E-state index contributed by atoms with van der Waals surface area (Å²) in [6.45, 7) is 2.25. The van der Waals surface area contributed by atoms with Crippen molar-refractivity contribution in [2.24, 2.45) is 0 Å². The smallest absolute Gasteiger partial charge is 0.256 e. The van der Waals surface area contributed by atoms with Crippen molar-refractivity contribution < 1.29 is 14.3 Å². The predicted octanol–water partition coefficient (Wildman–Crippen LogP) is 4.22. The van der Waals surface area contributed by atoms with Crippen LogP contribution in [0, 0.1) is 6.92 Å². The molecular formula is C20H21N3O3S. The van der Waals surface area contributed by atoms with Crippen LogP contribution >= 0.6 is 11.5 Å². The van der Waals surface area contributed by atoms with Gasteiger partial charge in [0.15, 0.2) is 11.5 Å². The first-order chi connectivity index (χ1) is 13.1. The molecule has 27 heavy (non-hydrogen) atoms. The topological polar surface area (TPSA) is 72.5 Å². The summed E-state index contributed by atoms with van der Waals surface area (Å²) in [5.74, 6) is 1.89. The number of carbonyl (C=O) groups excluding carboxylic acids is 1. The molecule has 0 aliphatic carbocycles. The molecule has 0 bridgehead atoms. The van der Waals surface area contributed by atoms with Crippen molar-refractivity contribution in [3.05, 3.63) is 65.4 Å². The molecular weight excluding hydrogens is 362 g/mol. The Morgan fingerprint density at radius 1 is 1.11 bits per heavy atom. The van der Waals surface area contributed by atoms with Crippen molar-refractivity contribution in [2.45, 2.75) is 13.5 Å². The number of aryl methyl sites for hydroxylation is 1. The summed E-state index contributed by atoms with van der Waals surface area (Å²) >= 11 is 1.28. The molecule has 1 heterocycles. The average Bonchev–Trinajstić information content (AvgIpc) is 3.08. The van der Waals surface area contributed by atoms with Crippen molar-refractivity contribution in [2.75, 3.05) is 19.5 Å². The lowest BCUT2D eigenvalue weighted by Crippen LogP contribution is -2.23. The van der Waals surface area contributed by atoms with Crippen LogP contribution in [0.2, 0.25) is 0 Å². The van der Waals surface area contributed by atoms with E-state index in [0.29, 0.717) is 29.4 Å². The minimum Gasteiger partial charge on any atom is -0.493 e. The van der Waals surface area contributed by atoms with E-state index >= 15 is 0 Å². The van der Waals surface area contributed by atoms with Gasteiger partial charge in [-0.15, -0.1) is 0 Å². The van der Waals surface area contributed by atoms with Crippen LogP contribution in [-0.2, 0) is 6.54 Å². The number of amides is 1. The third-order valence-corrected chi connectivity index (χ3v) is 4.95. The second-order valence-electron chi connectivity index (χ2n) is 5.80. The third kappa shape index (κ3) is 4.38. The number of hydrogen-bond donors (Lipinski definition) is 2. The number of rotatable bonds is 7. The van der Waals surface area contributed by atoms with E-state index in [0.717, 1.165) is 16.3 Å². The minimum atomic E-state index is -0.139. The van der Waals surface area contributed by atoms with Gasteiger partial charge in [-0.3, -0.25) is 4.79 Å². The first-order valence-corrected chi connectivity index (χ1v) is 9.21. The molecule has 140 valence electrons. The molecule has 0 fully saturated rings. The van der Waals surface area contributed by atoms with Crippen LogP contribution in [0.4, 0.5) is 5.00 Å². The Hall–Kier alpha value is -3.06. The van der Waals surface area contributed by atoms with Crippen molar-refractivity contribution in [1.29, 1.82) is 0 Å². The molecule has 0 saturated carbocycles. The van der Waals surface area contributed by atoms with Crippen molar-refractivity contribution in [3.8, 4) is 17.2 Å². The molecule has 0 saturated heterocycles. The predicted molar refractivity (Wildman–Crippen MR) is 107 cm³/mol. The van der Waals surface area contributed by atoms with Crippen LogP contribution in [-0.4, -0.2) is 24.4 Å². The Morgan fingerprint density at radius 3 is 2.48 bits per heavy atom. The van der Waals surface area contributed by atoms with Gasteiger partial charge in [-0.25, -0.2) is 0 Å². The number of nitrogens with one attached hydrogen (secondary N) is 2. The lowest BCUT2D eigenvalue weighted by molar-refractivity contribution is 0.0951. The summed E-state index contributed by atoms with van der Waals surface area (Å²) in [5, 5.41) is 6.70. The standard InChI is InChI=1S/C20H21N3O3S/c1-13-18(20(21-2)27-23-13)19(24)22-12-14-8-10-15(11-9-14)26-17-7-5-4-6-16(17)25-3/h4-11,21H,12H2,1-3H3,(H,22,24). The van der Waals surface area contributed by atoms with Gasteiger partial charge in [-0.2, -0.15) is 4.37 Å². The Balaban J connectivity index is 1.62. The van der Waals surface area contributed by atoms with Gasteiger partial charge in [0.25, 0.3) is 5.91 Å². The van der Waals surface area contributed by atoms with Crippen LogP contribution in [0.15, 0.2) is 48.5 Å². The molecule has 0 spiro atoms. The number of benzene rings is 2. The van der Waals surface area contributed by atoms with E-state index in [-0.39, 0.29) is 5.91 Å². The zero-order valence-corrected chi connectivity index (χ0v) is 16.2.